The summed E-state index contributed by atoms with van der Waals surface area (Å²) >= 11 is 1.46. The lowest BCUT2D eigenvalue weighted by atomic mass is 9.96. The van der Waals surface area contributed by atoms with E-state index in [-0.39, 0.29) is 23.6 Å². The van der Waals surface area contributed by atoms with E-state index in [9.17, 15) is 18.0 Å². The van der Waals surface area contributed by atoms with Crippen LogP contribution in [0.15, 0.2) is 29.9 Å². The van der Waals surface area contributed by atoms with Crippen molar-refractivity contribution in [3.8, 4) is 0 Å². The normalized spacial score (nSPS) is 19.1. The number of fused-ring (bicyclic) bond motifs is 1. The molecule has 1 atom stereocenters. The third-order valence-electron chi connectivity index (χ3n) is 6.64. The Labute approximate surface area is 200 Å². The number of aryl methyl sites for hydroxylation is 1. The van der Waals surface area contributed by atoms with Gasteiger partial charge in [-0.25, -0.2) is 0 Å². The molecule has 6 nitrogen and oxygen atoms in total. The number of alkyl halides is 3. The largest absolute Gasteiger partial charge is 0.416 e. The fourth-order valence-electron chi connectivity index (χ4n) is 4.94. The number of amides is 1. The number of carbonyl (C=O) groups excluding carboxylic acids is 1. The highest BCUT2D eigenvalue weighted by Gasteiger charge is 2.40. The van der Waals surface area contributed by atoms with Crippen molar-refractivity contribution < 1.29 is 18.0 Å². The summed E-state index contributed by atoms with van der Waals surface area (Å²) in [5.74, 6) is 0.926. The van der Waals surface area contributed by atoms with Crippen LogP contribution in [0.25, 0.3) is 0 Å². The molecule has 0 unspecified atom stereocenters. The van der Waals surface area contributed by atoms with Gasteiger partial charge in [-0.05, 0) is 54.6 Å². The van der Waals surface area contributed by atoms with Crippen molar-refractivity contribution >= 4 is 22.9 Å². The Morgan fingerprint density at radius 3 is 2.76 bits per heavy atom. The molecule has 4 heterocycles. The van der Waals surface area contributed by atoms with Crippen molar-refractivity contribution in [2.45, 2.75) is 45.5 Å². The number of piperidine rings is 1. The van der Waals surface area contributed by atoms with Crippen molar-refractivity contribution in [3.05, 3.63) is 62.9 Å². The molecule has 1 amide bonds. The molecule has 0 saturated carbocycles. The van der Waals surface area contributed by atoms with Crippen LogP contribution in [0.2, 0.25) is 0 Å². The molecule has 2 aliphatic rings. The molecule has 10 heteroatoms. The summed E-state index contributed by atoms with van der Waals surface area (Å²) in [5.41, 5.74) is 0.687. The number of halogens is 3. The van der Waals surface area contributed by atoms with Crippen LogP contribution in [0.4, 0.5) is 18.9 Å². The van der Waals surface area contributed by atoms with Crippen LogP contribution >= 0.6 is 11.3 Å². The Hall–Kier alpha value is -2.72. The highest BCUT2D eigenvalue weighted by molar-refractivity contribution is 7.10. The average Bonchev–Trinajstić information content (AvgIpc) is 3.48. The van der Waals surface area contributed by atoms with Gasteiger partial charge in [-0.1, -0.05) is 6.92 Å². The van der Waals surface area contributed by atoms with Crippen molar-refractivity contribution in [2.75, 3.05) is 18.0 Å². The molecule has 1 fully saturated rings. The molecule has 1 saturated heterocycles. The smallest absolute Gasteiger partial charge is 0.320 e. The van der Waals surface area contributed by atoms with Crippen LogP contribution < -0.4 is 4.90 Å². The summed E-state index contributed by atoms with van der Waals surface area (Å²) in [6, 6.07) is 4.76. The lowest BCUT2D eigenvalue weighted by molar-refractivity contribution is -0.138. The summed E-state index contributed by atoms with van der Waals surface area (Å²) in [5, 5.41) is 9.77. The highest BCUT2D eigenvalue weighted by atomic mass is 32.1. The van der Waals surface area contributed by atoms with E-state index in [0.717, 1.165) is 36.6 Å². The van der Waals surface area contributed by atoms with Gasteiger partial charge in [0.15, 0.2) is 0 Å². The molecular weight excluding hydrogens is 463 g/mol. The van der Waals surface area contributed by atoms with E-state index in [1.165, 1.54) is 22.3 Å². The molecule has 0 radical (unpaired) electrons. The SMILES string of the molecule is C[C@H]1CCCN(Cc2cc3c(c(C(F)(F)F)c2)CN(c2csc(Cc4nncn4C)c2)C3=O)C1. The molecule has 180 valence electrons. The maximum absolute atomic E-state index is 14.0. The number of carbonyl (C=O) groups is 1. The van der Waals surface area contributed by atoms with E-state index in [0.29, 0.717) is 30.1 Å². The molecular formula is C24H26F3N5OS. The third-order valence-corrected chi connectivity index (χ3v) is 7.57. The third kappa shape index (κ3) is 4.48. The fourth-order valence-corrected chi connectivity index (χ4v) is 5.80. The predicted molar refractivity (Wildman–Crippen MR) is 124 cm³/mol. The van der Waals surface area contributed by atoms with Crippen molar-refractivity contribution in [1.82, 2.24) is 19.7 Å². The van der Waals surface area contributed by atoms with E-state index < -0.39 is 11.7 Å². The number of thiophene rings is 1. The van der Waals surface area contributed by atoms with Gasteiger partial charge in [0.25, 0.3) is 5.91 Å². The van der Waals surface area contributed by atoms with E-state index in [1.54, 1.807) is 12.4 Å². The zero-order chi connectivity index (χ0) is 24.0. The number of aromatic nitrogens is 3. The number of hydrogen-bond acceptors (Lipinski definition) is 5. The lowest BCUT2D eigenvalue weighted by Gasteiger charge is -2.31. The van der Waals surface area contributed by atoms with Gasteiger partial charge in [0.2, 0.25) is 0 Å². The van der Waals surface area contributed by atoms with Crippen LogP contribution in [0.3, 0.4) is 0 Å². The second-order valence-corrected chi connectivity index (χ2v) is 10.3. The monoisotopic (exact) mass is 489 g/mol. The van der Waals surface area contributed by atoms with Gasteiger partial charge in [0, 0.05) is 42.4 Å². The molecule has 1 aromatic carbocycles. The zero-order valence-electron chi connectivity index (χ0n) is 19.1. The first-order valence-electron chi connectivity index (χ1n) is 11.4. The van der Waals surface area contributed by atoms with E-state index >= 15 is 0 Å². The minimum absolute atomic E-state index is 0.0642. The molecule has 34 heavy (non-hydrogen) atoms. The number of benzene rings is 1. The molecule has 2 aromatic heterocycles. The Bertz CT molecular complexity index is 1220. The van der Waals surface area contributed by atoms with Crippen LogP contribution in [0.5, 0.6) is 0 Å². The zero-order valence-corrected chi connectivity index (χ0v) is 19.9. The van der Waals surface area contributed by atoms with Crippen molar-refractivity contribution in [3.63, 3.8) is 0 Å². The van der Waals surface area contributed by atoms with Gasteiger partial charge in [-0.15, -0.1) is 21.5 Å². The molecule has 0 spiro atoms. The maximum Gasteiger partial charge on any atom is 0.416 e. The second-order valence-electron chi connectivity index (χ2n) is 9.35. The standard InChI is InChI=1S/C24H26F3N5OS/c1-15-4-3-5-31(10-15)11-16-6-19-20(21(7-16)24(25,26)27)12-32(23(19)33)17-8-18(34-13-17)9-22-29-28-14-30(22)2/h6-8,13-15H,3-5,9-12H2,1-2H3/t15-/m0/s1. The van der Waals surface area contributed by atoms with Gasteiger partial charge in [-0.3, -0.25) is 9.69 Å². The average molecular weight is 490 g/mol. The van der Waals surface area contributed by atoms with E-state index in [1.807, 2.05) is 23.1 Å². The summed E-state index contributed by atoms with van der Waals surface area (Å²) < 4.78 is 43.9. The second kappa shape index (κ2) is 8.81. The molecule has 0 N–H and O–H groups in total. The number of nitrogens with zero attached hydrogens (tertiary/aromatic N) is 5. The Balaban J connectivity index is 1.42. The van der Waals surface area contributed by atoms with Gasteiger partial charge in [-0.2, -0.15) is 13.2 Å². The molecule has 0 aliphatic carbocycles. The lowest BCUT2D eigenvalue weighted by Crippen LogP contribution is -2.33. The first kappa shape index (κ1) is 23.0. The number of anilines is 1. The predicted octanol–water partition coefficient (Wildman–Crippen LogP) is 4.88. The quantitative estimate of drug-likeness (QED) is 0.513. The minimum Gasteiger partial charge on any atom is -0.320 e. The van der Waals surface area contributed by atoms with E-state index in [2.05, 4.69) is 22.0 Å². The topological polar surface area (TPSA) is 54.3 Å². The van der Waals surface area contributed by atoms with Gasteiger partial charge in [0.1, 0.15) is 12.2 Å². The fraction of sp³-hybridized carbons (Fsp3) is 0.458. The van der Waals surface area contributed by atoms with Crippen LogP contribution in [-0.2, 0) is 32.7 Å². The molecule has 2 aliphatic heterocycles. The number of likely N-dealkylation sites (tertiary alicyclic amines) is 1. The summed E-state index contributed by atoms with van der Waals surface area (Å²) in [4.78, 5) is 17.9. The van der Waals surface area contributed by atoms with Gasteiger partial charge in [0.05, 0.1) is 17.8 Å². The molecule has 5 rings (SSSR count). The maximum atomic E-state index is 14.0. The van der Waals surface area contributed by atoms with Gasteiger partial charge >= 0.3 is 6.18 Å². The Kier molecular flexibility index (Phi) is 5.97. The van der Waals surface area contributed by atoms with Crippen LogP contribution in [-0.4, -0.2) is 38.7 Å². The summed E-state index contributed by atoms with van der Waals surface area (Å²) in [7, 11) is 1.85. The minimum atomic E-state index is -4.52. The van der Waals surface area contributed by atoms with Crippen LogP contribution in [0.1, 0.15) is 57.5 Å². The van der Waals surface area contributed by atoms with Crippen LogP contribution in [0, 0.1) is 5.92 Å². The number of hydrogen-bond donors (Lipinski definition) is 0. The molecule has 0 bridgehead atoms. The van der Waals surface area contributed by atoms with Gasteiger partial charge < -0.3 is 9.47 Å². The first-order chi connectivity index (χ1) is 16.2. The Morgan fingerprint density at radius 2 is 2.06 bits per heavy atom. The first-order valence-corrected chi connectivity index (χ1v) is 12.2. The van der Waals surface area contributed by atoms with Crippen molar-refractivity contribution in [1.29, 1.82) is 0 Å². The van der Waals surface area contributed by atoms with Crippen molar-refractivity contribution in [2.24, 2.45) is 13.0 Å². The summed E-state index contributed by atoms with van der Waals surface area (Å²) in [6.45, 7) is 4.24. The van der Waals surface area contributed by atoms with E-state index in [4.69, 9.17) is 0 Å². The highest BCUT2D eigenvalue weighted by Crippen LogP contribution is 2.40. The summed E-state index contributed by atoms with van der Waals surface area (Å²) in [6.07, 6.45) is -0.175. The molecule has 3 aromatic rings. The Morgan fingerprint density at radius 1 is 1.24 bits per heavy atom. The number of rotatable bonds is 5.